The van der Waals surface area contributed by atoms with E-state index in [9.17, 15) is 4.79 Å². The second-order valence-electron chi connectivity index (χ2n) is 3.67. The maximum Gasteiger partial charge on any atom is 0.255 e. The summed E-state index contributed by atoms with van der Waals surface area (Å²) in [5.74, 6) is 0.0988. The molecule has 0 aromatic heterocycles. The number of hydrogen-bond donors (Lipinski definition) is 1. The van der Waals surface area contributed by atoms with Gasteiger partial charge in [0.2, 0.25) is 0 Å². The fourth-order valence-electron chi connectivity index (χ4n) is 1.67. The summed E-state index contributed by atoms with van der Waals surface area (Å²) >= 11 is 1.60. The number of benzene rings is 1. The summed E-state index contributed by atoms with van der Waals surface area (Å²) < 4.78 is 0. The number of rotatable bonds is 2. The molecule has 2 rings (SSSR count). The third-order valence-corrected chi connectivity index (χ3v) is 3.33. The molecule has 3 nitrogen and oxygen atoms in total. The SMILES string of the molecule is CSc1ccccc1C(=O)N1CC(N)C1. The van der Waals surface area contributed by atoms with Gasteiger partial charge in [-0.15, -0.1) is 11.8 Å². The van der Waals surface area contributed by atoms with Gasteiger partial charge in [-0.3, -0.25) is 4.79 Å². The first-order valence-electron chi connectivity index (χ1n) is 4.90. The second-order valence-corrected chi connectivity index (χ2v) is 4.52. The topological polar surface area (TPSA) is 46.3 Å². The van der Waals surface area contributed by atoms with Crippen LogP contribution in [-0.2, 0) is 0 Å². The number of hydrogen-bond acceptors (Lipinski definition) is 3. The number of nitrogens with two attached hydrogens (primary N) is 1. The van der Waals surface area contributed by atoms with Crippen LogP contribution in [0.3, 0.4) is 0 Å². The van der Waals surface area contributed by atoms with Crippen LogP contribution in [-0.4, -0.2) is 36.2 Å². The molecule has 1 heterocycles. The van der Waals surface area contributed by atoms with Gasteiger partial charge in [0.1, 0.15) is 0 Å². The molecule has 2 N–H and O–H groups in total. The summed E-state index contributed by atoms with van der Waals surface area (Å²) in [5.41, 5.74) is 6.45. The third kappa shape index (κ3) is 2.01. The molecule has 0 saturated carbocycles. The normalized spacial score (nSPS) is 16.3. The van der Waals surface area contributed by atoms with Gasteiger partial charge >= 0.3 is 0 Å². The van der Waals surface area contributed by atoms with Gasteiger partial charge in [-0.1, -0.05) is 12.1 Å². The van der Waals surface area contributed by atoms with Crippen LogP contribution in [0.5, 0.6) is 0 Å². The highest BCUT2D eigenvalue weighted by Crippen LogP contribution is 2.22. The highest BCUT2D eigenvalue weighted by molar-refractivity contribution is 7.98. The third-order valence-electron chi connectivity index (χ3n) is 2.53. The van der Waals surface area contributed by atoms with Gasteiger partial charge in [0, 0.05) is 24.0 Å². The molecule has 1 aromatic rings. The Bertz CT molecular complexity index is 375. The molecule has 0 aliphatic carbocycles. The van der Waals surface area contributed by atoms with Crippen molar-refractivity contribution in [3.63, 3.8) is 0 Å². The standard InChI is InChI=1S/C11H14N2OS/c1-15-10-5-3-2-4-9(10)11(14)13-6-8(12)7-13/h2-5,8H,6-7,12H2,1H3. The first-order valence-corrected chi connectivity index (χ1v) is 6.12. The maximum atomic E-state index is 12.0. The van der Waals surface area contributed by atoms with Gasteiger partial charge < -0.3 is 10.6 Å². The van der Waals surface area contributed by atoms with Gasteiger partial charge in [-0.25, -0.2) is 0 Å². The smallest absolute Gasteiger partial charge is 0.255 e. The highest BCUT2D eigenvalue weighted by atomic mass is 32.2. The molecule has 4 heteroatoms. The van der Waals surface area contributed by atoms with E-state index in [0.29, 0.717) is 13.1 Å². The first kappa shape index (κ1) is 10.5. The quantitative estimate of drug-likeness (QED) is 0.765. The molecule has 1 fully saturated rings. The number of thioether (sulfide) groups is 1. The van der Waals surface area contributed by atoms with Crippen molar-refractivity contribution in [2.45, 2.75) is 10.9 Å². The van der Waals surface area contributed by atoms with Crippen LogP contribution in [0.4, 0.5) is 0 Å². The summed E-state index contributed by atoms with van der Waals surface area (Å²) in [6.07, 6.45) is 1.98. The molecular formula is C11H14N2OS. The van der Waals surface area contributed by atoms with Crippen molar-refractivity contribution in [3.05, 3.63) is 29.8 Å². The van der Waals surface area contributed by atoms with E-state index in [1.54, 1.807) is 16.7 Å². The molecular weight excluding hydrogens is 208 g/mol. The Balaban J connectivity index is 2.18. The maximum absolute atomic E-state index is 12.0. The molecule has 0 radical (unpaired) electrons. The van der Waals surface area contributed by atoms with Crippen molar-refractivity contribution >= 4 is 17.7 Å². The lowest BCUT2D eigenvalue weighted by atomic mass is 10.1. The van der Waals surface area contributed by atoms with E-state index in [1.165, 1.54) is 0 Å². The summed E-state index contributed by atoms with van der Waals surface area (Å²) in [4.78, 5) is 14.8. The summed E-state index contributed by atoms with van der Waals surface area (Å²) in [6, 6.07) is 7.85. The summed E-state index contributed by atoms with van der Waals surface area (Å²) in [5, 5.41) is 0. The predicted molar refractivity (Wildman–Crippen MR) is 62.1 cm³/mol. The number of likely N-dealkylation sites (tertiary alicyclic amines) is 1. The van der Waals surface area contributed by atoms with E-state index in [4.69, 9.17) is 5.73 Å². The molecule has 0 bridgehead atoms. The summed E-state index contributed by atoms with van der Waals surface area (Å²) in [7, 11) is 0. The monoisotopic (exact) mass is 222 g/mol. The van der Waals surface area contributed by atoms with Crippen LogP contribution >= 0.6 is 11.8 Å². The minimum absolute atomic E-state index is 0.0988. The summed E-state index contributed by atoms with van der Waals surface area (Å²) in [6.45, 7) is 1.36. The van der Waals surface area contributed by atoms with Gasteiger partial charge in [0.15, 0.2) is 0 Å². The Labute approximate surface area is 93.6 Å². The zero-order valence-corrected chi connectivity index (χ0v) is 9.46. The largest absolute Gasteiger partial charge is 0.335 e. The minimum atomic E-state index is 0.0988. The van der Waals surface area contributed by atoms with Crippen LogP contribution in [0, 0.1) is 0 Å². The first-order chi connectivity index (χ1) is 7.22. The molecule has 80 valence electrons. The Morgan fingerprint density at radius 1 is 1.47 bits per heavy atom. The van der Waals surface area contributed by atoms with E-state index >= 15 is 0 Å². The zero-order valence-electron chi connectivity index (χ0n) is 8.64. The van der Waals surface area contributed by atoms with Crippen LogP contribution in [0.2, 0.25) is 0 Å². The lowest BCUT2D eigenvalue weighted by Gasteiger charge is -2.37. The number of nitrogens with zero attached hydrogens (tertiary/aromatic N) is 1. The average Bonchev–Trinajstić information content (AvgIpc) is 2.24. The van der Waals surface area contributed by atoms with Crippen LogP contribution < -0.4 is 5.73 Å². The van der Waals surface area contributed by atoms with Crippen molar-refractivity contribution in [2.24, 2.45) is 5.73 Å². The van der Waals surface area contributed by atoms with Crippen molar-refractivity contribution < 1.29 is 4.79 Å². The molecule has 15 heavy (non-hydrogen) atoms. The Kier molecular flexibility index (Phi) is 2.98. The molecule has 1 aliphatic rings. The fraction of sp³-hybridized carbons (Fsp3) is 0.364. The zero-order chi connectivity index (χ0) is 10.8. The Morgan fingerprint density at radius 2 is 2.13 bits per heavy atom. The van der Waals surface area contributed by atoms with Crippen LogP contribution in [0.1, 0.15) is 10.4 Å². The molecule has 1 amide bonds. The van der Waals surface area contributed by atoms with Crippen molar-refractivity contribution in [1.82, 2.24) is 4.90 Å². The Morgan fingerprint density at radius 3 is 2.73 bits per heavy atom. The van der Waals surface area contributed by atoms with Crippen LogP contribution in [0.25, 0.3) is 0 Å². The lowest BCUT2D eigenvalue weighted by Crippen LogP contribution is -2.57. The van der Waals surface area contributed by atoms with E-state index in [2.05, 4.69) is 0 Å². The van der Waals surface area contributed by atoms with Gasteiger partial charge in [0.25, 0.3) is 5.91 Å². The predicted octanol–water partition coefficient (Wildman–Crippen LogP) is 1.19. The number of carbonyl (C=O) groups excluding carboxylic acids is 1. The highest BCUT2D eigenvalue weighted by Gasteiger charge is 2.29. The molecule has 1 saturated heterocycles. The molecule has 1 aliphatic heterocycles. The van der Waals surface area contributed by atoms with E-state index in [0.717, 1.165) is 10.5 Å². The minimum Gasteiger partial charge on any atom is -0.335 e. The van der Waals surface area contributed by atoms with Gasteiger partial charge in [-0.2, -0.15) is 0 Å². The fourth-order valence-corrected chi connectivity index (χ4v) is 2.26. The molecule has 0 atom stereocenters. The number of carbonyl (C=O) groups is 1. The average molecular weight is 222 g/mol. The number of amides is 1. The second kappa shape index (κ2) is 4.24. The molecule has 1 aromatic carbocycles. The van der Waals surface area contributed by atoms with E-state index in [-0.39, 0.29) is 11.9 Å². The van der Waals surface area contributed by atoms with Crippen molar-refractivity contribution in [2.75, 3.05) is 19.3 Å². The van der Waals surface area contributed by atoms with Gasteiger partial charge in [-0.05, 0) is 18.4 Å². The van der Waals surface area contributed by atoms with E-state index < -0.39 is 0 Å². The van der Waals surface area contributed by atoms with Crippen molar-refractivity contribution in [3.8, 4) is 0 Å². The van der Waals surface area contributed by atoms with Crippen molar-refractivity contribution in [1.29, 1.82) is 0 Å². The van der Waals surface area contributed by atoms with Crippen LogP contribution in [0.15, 0.2) is 29.2 Å². The molecule has 0 spiro atoms. The Hall–Kier alpha value is -1.00. The molecule has 0 unspecified atom stereocenters. The van der Waals surface area contributed by atoms with Gasteiger partial charge in [0.05, 0.1) is 5.56 Å². The lowest BCUT2D eigenvalue weighted by molar-refractivity contribution is 0.0604. The van der Waals surface area contributed by atoms with E-state index in [1.807, 2.05) is 30.5 Å².